The standard InChI is InChI=1S/C20H27N5O3S2/c1-15-13-18(22-16(2)21-15)23-8-10-24(11-9-23)20(26)17-5-3-7-25(14-17)30(27,28)19-6-4-12-29-19/h4,6,12-13,17H,3,5,7-11,14H2,1-2H3. The third kappa shape index (κ3) is 4.35. The van der Waals surface area contributed by atoms with Gasteiger partial charge in [0, 0.05) is 51.0 Å². The van der Waals surface area contributed by atoms with Gasteiger partial charge in [0.15, 0.2) is 0 Å². The van der Waals surface area contributed by atoms with Crippen LogP contribution in [0.25, 0.3) is 0 Å². The van der Waals surface area contributed by atoms with Crippen LogP contribution in [0.5, 0.6) is 0 Å². The maximum Gasteiger partial charge on any atom is 0.252 e. The Hall–Kier alpha value is -2.04. The normalized spacial score (nSPS) is 21.1. The number of aromatic nitrogens is 2. The molecule has 1 unspecified atom stereocenters. The molecule has 2 fully saturated rings. The molecule has 8 nitrogen and oxygen atoms in total. The topological polar surface area (TPSA) is 86.7 Å². The van der Waals surface area contributed by atoms with Crippen molar-refractivity contribution in [2.24, 2.45) is 5.92 Å². The van der Waals surface area contributed by atoms with Crippen molar-refractivity contribution in [1.29, 1.82) is 0 Å². The Morgan fingerprint density at radius 3 is 2.57 bits per heavy atom. The Kier molecular flexibility index (Phi) is 6.08. The molecule has 10 heteroatoms. The van der Waals surface area contributed by atoms with Crippen molar-refractivity contribution >= 4 is 33.1 Å². The molecular weight excluding hydrogens is 422 g/mol. The van der Waals surface area contributed by atoms with Crippen LogP contribution in [0.1, 0.15) is 24.4 Å². The Bertz CT molecular complexity index is 981. The first kappa shape index (κ1) is 21.2. The summed E-state index contributed by atoms with van der Waals surface area (Å²) in [5.41, 5.74) is 0.935. The molecule has 1 amide bonds. The Labute approximate surface area is 181 Å². The summed E-state index contributed by atoms with van der Waals surface area (Å²) in [7, 11) is -3.51. The van der Waals surface area contributed by atoms with E-state index in [1.807, 2.05) is 24.8 Å². The fourth-order valence-electron chi connectivity index (χ4n) is 4.17. The molecule has 0 aliphatic carbocycles. The third-order valence-electron chi connectivity index (χ3n) is 5.69. The second-order valence-electron chi connectivity index (χ2n) is 7.86. The van der Waals surface area contributed by atoms with E-state index in [2.05, 4.69) is 14.9 Å². The molecule has 0 saturated carbocycles. The Morgan fingerprint density at radius 1 is 1.13 bits per heavy atom. The van der Waals surface area contributed by atoms with Crippen molar-refractivity contribution in [2.75, 3.05) is 44.2 Å². The number of hydrogen-bond donors (Lipinski definition) is 0. The lowest BCUT2D eigenvalue weighted by Gasteiger charge is -2.39. The largest absolute Gasteiger partial charge is 0.353 e. The first-order valence-corrected chi connectivity index (χ1v) is 12.6. The zero-order valence-electron chi connectivity index (χ0n) is 17.3. The lowest BCUT2D eigenvalue weighted by atomic mass is 9.98. The number of aryl methyl sites for hydroxylation is 2. The number of anilines is 1. The van der Waals surface area contributed by atoms with E-state index in [-0.39, 0.29) is 18.4 Å². The molecule has 0 spiro atoms. The maximum atomic E-state index is 13.1. The van der Waals surface area contributed by atoms with Crippen LogP contribution >= 0.6 is 11.3 Å². The van der Waals surface area contributed by atoms with Gasteiger partial charge in [0.2, 0.25) is 5.91 Å². The van der Waals surface area contributed by atoms with Gasteiger partial charge in [-0.3, -0.25) is 4.79 Å². The number of amides is 1. The first-order chi connectivity index (χ1) is 14.3. The highest BCUT2D eigenvalue weighted by Crippen LogP contribution is 2.27. The minimum atomic E-state index is -3.51. The van der Waals surface area contributed by atoms with Crippen LogP contribution in [0.2, 0.25) is 0 Å². The van der Waals surface area contributed by atoms with E-state index in [0.29, 0.717) is 43.4 Å². The molecule has 30 heavy (non-hydrogen) atoms. The third-order valence-corrected chi connectivity index (χ3v) is 8.93. The zero-order chi connectivity index (χ0) is 21.3. The molecule has 0 N–H and O–H groups in total. The van der Waals surface area contributed by atoms with E-state index in [9.17, 15) is 13.2 Å². The quantitative estimate of drug-likeness (QED) is 0.709. The van der Waals surface area contributed by atoms with Crippen molar-refractivity contribution < 1.29 is 13.2 Å². The molecule has 2 saturated heterocycles. The summed E-state index contributed by atoms with van der Waals surface area (Å²) in [6.07, 6.45) is 1.44. The van der Waals surface area contributed by atoms with Gasteiger partial charge in [-0.05, 0) is 38.1 Å². The summed E-state index contributed by atoms with van der Waals surface area (Å²) in [5, 5.41) is 1.76. The van der Waals surface area contributed by atoms with E-state index in [1.54, 1.807) is 17.5 Å². The van der Waals surface area contributed by atoms with Gasteiger partial charge < -0.3 is 9.80 Å². The van der Waals surface area contributed by atoms with Crippen LogP contribution in [-0.4, -0.2) is 72.8 Å². The van der Waals surface area contributed by atoms with E-state index < -0.39 is 10.0 Å². The highest BCUT2D eigenvalue weighted by atomic mass is 32.2. The molecule has 0 radical (unpaired) electrons. The van der Waals surface area contributed by atoms with Gasteiger partial charge in [-0.25, -0.2) is 18.4 Å². The van der Waals surface area contributed by atoms with Gasteiger partial charge in [-0.1, -0.05) is 6.07 Å². The summed E-state index contributed by atoms with van der Waals surface area (Å²) in [4.78, 5) is 26.0. The minimum absolute atomic E-state index is 0.0655. The molecule has 1 atom stereocenters. The molecule has 2 aliphatic heterocycles. The monoisotopic (exact) mass is 449 g/mol. The second-order valence-corrected chi connectivity index (χ2v) is 11.0. The molecule has 4 rings (SSSR count). The average Bonchev–Trinajstić information content (AvgIpc) is 3.29. The summed E-state index contributed by atoms with van der Waals surface area (Å²) >= 11 is 1.22. The predicted octanol–water partition coefficient (Wildman–Crippen LogP) is 1.90. The number of carbonyl (C=O) groups excluding carboxylic acids is 1. The van der Waals surface area contributed by atoms with Crippen molar-refractivity contribution in [3.63, 3.8) is 0 Å². The van der Waals surface area contributed by atoms with Gasteiger partial charge in [0.1, 0.15) is 15.9 Å². The molecule has 2 aromatic rings. The summed E-state index contributed by atoms with van der Waals surface area (Å²) in [6, 6.07) is 5.34. The van der Waals surface area contributed by atoms with Gasteiger partial charge >= 0.3 is 0 Å². The molecule has 2 aromatic heterocycles. The average molecular weight is 450 g/mol. The zero-order valence-corrected chi connectivity index (χ0v) is 19.0. The Balaban J connectivity index is 1.38. The molecule has 162 valence electrons. The van der Waals surface area contributed by atoms with Crippen molar-refractivity contribution in [1.82, 2.24) is 19.2 Å². The number of carbonyl (C=O) groups is 1. The predicted molar refractivity (Wildman–Crippen MR) is 116 cm³/mol. The fourth-order valence-corrected chi connectivity index (χ4v) is 6.84. The van der Waals surface area contributed by atoms with Crippen LogP contribution in [0.3, 0.4) is 0 Å². The molecule has 2 aliphatic rings. The molecule has 0 aromatic carbocycles. The fraction of sp³-hybridized carbons (Fsp3) is 0.550. The van der Waals surface area contributed by atoms with Gasteiger partial charge in [-0.2, -0.15) is 4.31 Å². The van der Waals surface area contributed by atoms with Crippen LogP contribution in [0.4, 0.5) is 5.82 Å². The van der Waals surface area contributed by atoms with Crippen molar-refractivity contribution in [3.8, 4) is 0 Å². The number of rotatable bonds is 4. The highest BCUT2D eigenvalue weighted by molar-refractivity contribution is 7.91. The SMILES string of the molecule is Cc1cc(N2CCN(C(=O)C3CCCN(S(=O)(=O)c4cccs4)C3)CC2)nc(C)n1. The number of piperazine rings is 1. The maximum absolute atomic E-state index is 13.1. The summed E-state index contributed by atoms with van der Waals surface area (Å²) in [5.74, 6) is 1.44. The number of hydrogen-bond acceptors (Lipinski definition) is 7. The lowest BCUT2D eigenvalue weighted by Crippen LogP contribution is -2.53. The lowest BCUT2D eigenvalue weighted by molar-refractivity contribution is -0.137. The minimum Gasteiger partial charge on any atom is -0.353 e. The van der Waals surface area contributed by atoms with Crippen molar-refractivity contribution in [2.45, 2.75) is 30.9 Å². The van der Waals surface area contributed by atoms with Gasteiger partial charge in [0.05, 0.1) is 5.92 Å². The van der Waals surface area contributed by atoms with E-state index in [1.165, 1.54) is 15.6 Å². The van der Waals surface area contributed by atoms with E-state index >= 15 is 0 Å². The number of thiophene rings is 1. The number of piperidine rings is 1. The van der Waals surface area contributed by atoms with E-state index in [4.69, 9.17) is 0 Å². The molecule has 4 heterocycles. The number of nitrogens with zero attached hydrogens (tertiary/aromatic N) is 5. The first-order valence-electron chi connectivity index (χ1n) is 10.2. The summed E-state index contributed by atoms with van der Waals surface area (Å²) in [6.45, 7) is 7.25. The van der Waals surface area contributed by atoms with Crippen LogP contribution in [0, 0.1) is 19.8 Å². The molecule has 0 bridgehead atoms. The van der Waals surface area contributed by atoms with Gasteiger partial charge in [-0.15, -0.1) is 11.3 Å². The highest BCUT2D eigenvalue weighted by Gasteiger charge is 2.36. The van der Waals surface area contributed by atoms with Gasteiger partial charge in [0.25, 0.3) is 10.0 Å². The van der Waals surface area contributed by atoms with Crippen molar-refractivity contribution in [3.05, 3.63) is 35.1 Å². The Morgan fingerprint density at radius 2 is 1.90 bits per heavy atom. The smallest absolute Gasteiger partial charge is 0.252 e. The van der Waals surface area contributed by atoms with Crippen LogP contribution in [-0.2, 0) is 14.8 Å². The second kappa shape index (κ2) is 8.60. The summed E-state index contributed by atoms with van der Waals surface area (Å²) < 4.78 is 27.5. The number of sulfonamides is 1. The van der Waals surface area contributed by atoms with E-state index in [0.717, 1.165) is 23.8 Å². The molecular formula is C20H27N5O3S2. The van der Waals surface area contributed by atoms with Crippen LogP contribution in [0.15, 0.2) is 27.8 Å². The van der Waals surface area contributed by atoms with Crippen LogP contribution < -0.4 is 4.90 Å².